The van der Waals surface area contributed by atoms with Gasteiger partial charge in [0.2, 0.25) is 0 Å². The van der Waals surface area contributed by atoms with Crippen LogP contribution in [-0.4, -0.2) is 37.1 Å². The molecule has 0 aromatic rings. The van der Waals surface area contributed by atoms with Gasteiger partial charge in [-0.25, -0.2) is 0 Å². The number of nitrogens with zero attached hydrogens (tertiary/aromatic N) is 1. The molecule has 1 saturated heterocycles. The van der Waals surface area contributed by atoms with E-state index in [0.29, 0.717) is 0 Å². The highest BCUT2D eigenvalue weighted by Crippen LogP contribution is 2.10. The first kappa shape index (κ1) is 12.5. The molecule has 0 unspecified atom stereocenters. The Labute approximate surface area is 94.0 Å². The zero-order chi connectivity index (χ0) is 10.9. The summed E-state index contributed by atoms with van der Waals surface area (Å²) in [5, 5.41) is 3.58. The maximum Gasteiger partial charge on any atom is 0.0163 e. The van der Waals surface area contributed by atoms with Crippen molar-refractivity contribution in [1.82, 2.24) is 10.2 Å². The van der Waals surface area contributed by atoms with E-state index in [4.69, 9.17) is 0 Å². The van der Waals surface area contributed by atoms with E-state index in [-0.39, 0.29) is 0 Å². The van der Waals surface area contributed by atoms with Crippen molar-refractivity contribution in [3.8, 4) is 0 Å². The van der Waals surface area contributed by atoms with Gasteiger partial charge < -0.3 is 5.32 Å². The van der Waals surface area contributed by atoms with Crippen LogP contribution in [-0.2, 0) is 0 Å². The molecule has 0 aliphatic carbocycles. The van der Waals surface area contributed by atoms with Crippen LogP contribution in [0.2, 0.25) is 0 Å². The smallest absolute Gasteiger partial charge is 0.0163 e. The maximum absolute atomic E-state index is 3.79. The molecule has 0 aromatic heterocycles. The van der Waals surface area contributed by atoms with Crippen LogP contribution < -0.4 is 5.32 Å². The lowest BCUT2D eigenvalue weighted by Crippen LogP contribution is -2.37. The topological polar surface area (TPSA) is 15.3 Å². The monoisotopic (exact) mass is 208 g/mol. The van der Waals surface area contributed by atoms with Crippen molar-refractivity contribution in [2.75, 3.05) is 26.2 Å². The minimum Gasteiger partial charge on any atom is -0.314 e. The van der Waals surface area contributed by atoms with E-state index < -0.39 is 0 Å². The largest absolute Gasteiger partial charge is 0.314 e. The highest BCUT2D eigenvalue weighted by Gasteiger charge is 2.13. The first-order valence-corrected chi connectivity index (χ1v) is 6.04. The van der Waals surface area contributed by atoms with Gasteiger partial charge in [0.05, 0.1) is 0 Å². The summed E-state index contributed by atoms with van der Waals surface area (Å²) in [6.45, 7) is 11.9. The Hall–Kier alpha value is -0.600. The highest BCUT2D eigenvalue weighted by atomic mass is 15.1. The molecule has 0 amide bonds. The minimum absolute atomic E-state index is 0.732. The standard InChI is InChI=1S/C13H24N2/c1-3-10-15(11-4-2)12-8-13-7-5-6-9-14-13/h3-4,13-14H,1-2,5-12H2/t13-/m1/s1. The summed E-state index contributed by atoms with van der Waals surface area (Å²) >= 11 is 0. The molecule has 1 aliphatic rings. The van der Waals surface area contributed by atoms with Crippen LogP contribution in [0.15, 0.2) is 25.3 Å². The van der Waals surface area contributed by atoms with Crippen molar-refractivity contribution in [3.63, 3.8) is 0 Å². The SMILES string of the molecule is C=CCN(CC=C)CC[C@H]1CCCCN1. The highest BCUT2D eigenvalue weighted by molar-refractivity contribution is 4.81. The van der Waals surface area contributed by atoms with Crippen LogP contribution in [0.4, 0.5) is 0 Å². The van der Waals surface area contributed by atoms with Crippen molar-refractivity contribution in [2.24, 2.45) is 0 Å². The molecule has 1 fully saturated rings. The molecule has 0 aromatic carbocycles. The number of piperidine rings is 1. The number of hydrogen-bond acceptors (Lipinski definition) is 2. The molecule has 1 aliphatic heterocycles. The first-order valence-electron chi connectivity index (χ1n) is 6.04. The number of rotatable bonds is 7. The Kier molecular flexibility index (Phi) is 6.37. The Morgan fingerprint density at radius 1 is 1.20 bits per heavy atom. The molecular weight excluding hydrogens is 184 g/mol. The normalized spacial score (nSPS) is 21.5. The van der Waals surface area contributed by atoms with Crippen molar-refractivity contribution in [3.05, 3.63) is 25.3 Å². The van der Waals surface area contributed by atoms with Crippen LogP contribution in [0.3, 0.4) is 0 Å². The van der Waals surface area contributed by atoms with E-state index in [1.807, 2.05) is 12.2 Å². The molecule has 0 spiro atoms. The van der Waals surface area contributed by atoms with Gasteiger partial charge in [-0.15, -0.1) is 13.2 Å². The van der Waals surface area contributed by atoms with Crippen molar-refractivity contribution < 1.29 is 0 Å². The Morgan fingerprint density at radius 3 is 2.47 bits per heavy atom. The van der Waals surface area contributed by atoms with E-state index in [2.05, 4.69) is 23.4 Å². The third kappa shape index (κ3) is 5.14. The van der Waals surface area contributed by atoms with E-state index in [9.17, 15) is 0 Å². The predicted octanol–water partition coefficient (Wildman–Crippen LogP) is 2.19. The van der Waals surface area contributed by atoms with Gasteiger partial charge in [-0.05, 0) is 25.8 Å². The molecule has 1 rings (SSSR count). The fraction of sp³-hybridized carbons (Fsp3) is 0.692. The lowest BCUT2D eigenvalue weighted by atomic mass is 10.0. The third-order valence-electron chi connectivity index (χ3n) is 2.98. The van der Waals surface area contributed by atoms with E-state index >= 15 is 0 Å². The molecule has 1 N–H and O–H groups in total. The average Bonchev–Trinajstić information content (AvgIpc) is 2.28. The summed E-state index contributed by atoms with van der Waals surface area (Å²) in [5.74, 6) is 0. The molecule has 86 valence electrons. The Bertz CT molecular complexity index is 173. The summed E-state index contributed by atoms with van der Waals surface area (Å²) in [4.78, 5) is 2.39. The van der Waals surface area contributed by atoms with Crippen molar-refractivity contribution in [1.29, 1.82) is 0 Å². The first-order chi connectivity index (χ1) is 7.36. The fourth-order valence-electron chi connectivity index (χ4n) is 2.13. The van der Waals surface area contributed by atoms with Crippen LogP contribution in [0, 0.1) is 0 Å². The van der Waals surface area contributed by atoms with Gasteiger partial charge >= 0.3 is 0 Å². The van der Waals surface area contributed by atoms with Gasteiger partial charge in [0, 0.05) is 25.7 Å². The van der Waals surface area contributed by atoms with Crippen molar-refractivity contribution >= 4 is 0 Å². The van der Waals surface area contributed by atoms with Crippen LogP contribution in [0.5, 0.6) is 0 Å². The Morgan fingerprint density at radius 2 is 1.93 bits per heavy atom. The molecular formula is C13H24N2. The fourth-order valence-corrected chi connectivity index (χ4v) is 2.13. The summed E-state index contributed by atoms with van der Waals surface area (Å²) in [6.07, 6.45) is 9.27. The summed E-state index contributed by atoms with van der Waals surface area (Å²) in [7, 11) is 0. The average molecular weight is 208 g/mol. The molecule has 0 saturated carbocycles. The molecule has 1 atom stereocenters. The van der Waals surface area contributed by atoms with Gasteiger partial charge in [0.1, 0.15) is 0 Å². The zero-order valence-electron chi connectivity index (χ0n) is 9.75. The van der Waals surface area contributed by atoms with E-state index in [1.165, 1.54) is 32.2 Å². The zero-order valence-corrected chi connectivity index (χ0v) is 9.75. The summed E-state index contributed by atoms with van der Waals surface area (Å²) in [6, 6.07) is 0.732. The van der Waals surface area contributed by atoms with Gasteiger partial charge in [-0.3, -0.25) is 4.90 Å². The molecule has 2 nitrogen and oxygen atoms in total. The minimum atomic E-state index is 0.732. The van der Waals surface area contributed by atoms with Crippen LogP contribution >= 0.6 is 0 Å². The van der Waals surface area contributed by atoms with Gasteiger partial charge in [-0.1, -0.05) is 18.6 Å². The van der Waals surface area contributed by atoms with E-state index in [1.54, 1.807) is 0 Å². The molecule has 15 heavy (non-hydrogen) atoms. The third-order valence-corrected chi connectivity index (χ3v) is 2.98. The second-order valence-corrected chi connectivity index (χ2v) is 4.27. The second kappa shape index (κ2) is 7.66. The number of nitrogens with one attached hydrogen (secondary N) is 1. The molecule has 2 heteroatoms. The van der Waals surface area contributed by atoms with Crippen molar-refractivity contribution in [2.45, 2.75) is 31.7 Å². The van der Waals surface area contributed by atoms with Gasteiger partial charge in [0.15, 0.2) is 0 Å². The predicted molar refractivity (Wildman–Crippen MR) is 67.1 cm³/mol. The summed E-state index contributed by atoms with van der Waals surface area (Å²) in [5.41, 5.74) is 0. The van der Waals surface area contributed by atoms with Gasteiger partial charge in [0.25, 0.3) is 0 Å². The summed E-state index contributed by atoms with van der Waals surface area (Å²) < 4.78 is 0. The maximum atomic E-state index is 3.79. The lowest BCUT2D eigenvalue weighted by molar-refractivity contribution is 0.287. The molecule has 0 bridgehead atoms. The quantitative estimate of drug-likeness (QED) is 0.645. The molecule has 0 radical (unpaired) electrons. The van der Waals surface area contributed by atoms with Crippen LogP contribution in [0.1, 0.15) is 25.7 Å². The Balaban J connectivity index is 2.18. The second-order valence-electron chi connectivity index (χ2n) is 4.27. The van der Waals surface area contributed by atoms with Crippen LogP contribution in [0.25, 0.3) is 0 Å². The van der Waals surface area contributed by atoms with E-state index in [0.717, 1.165) is 25.7 Å². The number of hydrogen-bond donors (Lipinski definition) is 1. The molecule has 1 heterocycles. The lowest BCUT2D eigenvalue weighted by Gasteiger charge is -2.26. The van der Waals surface area contributed by atoms with Gasteiger partial charge in [-0.2, -0.15) is 0 Å².